The number of benzene rings is 1. The van der Waals surface area contributed by atoms with E-state index in [-0.39, 0.29) is 6.10 Å². The third kappa shape index (κ3) is 1.81. The van der Waals surface area contributed by atoms with Crippen LogP contribution in [0, 0.1) is 13.8 Å². The van der Waals surface area contributed by atoms with Gasteiger partial charge in [0.2, 0.25) is 0 Å². The fraction of sp³-hybridized carbons (Fsp3) is 0.400. The molecule has 1 aromatic carbocycles. The molecule has 0 radical (unpaired) electrons. The minimum Gasteiger partial charge on any atom is -0.389 e. The number of aryl methyl sites for hydroxylation is 2. The molecular formula is C10H14O. The Morgan fingerprint density at radius 1 is 1.27 bits per heavy atom. The zero-order valence-electron chi connectivity index (χ0n) is 7.26. The average molecular weight is 150 g/mol. The maximum atomic E-state index is 9.30. The van der Waals surface area contributed by atoms with Crippen LogP contribution in [0.25, 0.3) is 0 Å². The summed E-state index contributed by atoms with van der Waals surface area (Å²) in [5, 5.41) is 9.30. The van der Waals surface area contributed by atoms with Crippen molar-refractivity contribution < 1.29 is 5.11 Å². The lowest BCUT2D eigenvalue weighted by Gasteiger charge is -2.08. The molecule has 1 heteroatoms. The Kier molecular flexibility index (Phi) is 2.30. The second-order valence-corrected chi connectivity index (χ2v) is 3.04. The van der Waals surface area contributed by atoms with Crippen LogP contribution in [-0.4, -0.2) is 5.11 Å². The second-order valence-electron chi connectivity index (χ2n) is 3.04. The smallest absolute Gasteiger partial charge is 0.0764 e. The summed E-state index contributed by atoms with van der Waals surface area (Å²) < 4.78 is 0. The Labute approximate surface area is 67.7 Å². The molecule has 0 unspecified atom stereocenters. The lowest BCUT2D eigenvalue weighted by atomic mass is 10.0. The standard InChI is InChI=1S/C10H14O/c1-7-4-5-10(9(3)11)8(2)6-7/h4-6,9,11H,1-3H3/t9-/m1/s1. The van der Waals surface area contributed by atoms with Crippen molar-refractivity contribution in [3.8, 4) is 0 Å². The molecular weight excluding hydrogens is 136 g/mol. The van der Waals surface area contributed by atoms with Crippen molar-refractivity contribution in [3.05, 3.63) is 34.9 Å². The molecule has 0 aromatic heterocycles. The number of hydrogen-bond acceptors (Lipinski definition) is 1. The van der Waals surface area contributed by atoms with E-state index in [0.717, 1.165) is 5.56 Å². The maximum absolute atomic E-state index is 9.30. The van der Waals surface area contributed by atoms with E-state index in [1.165, 1.54) is 11.1 Å². The van der Waals surface area contributed by atoms with E-state index in [1.54, 1.807) is 6.92 Å². The third-order valence-electron chi connectivity index (χ3n) is 1.88. The molecule has 0 fully saturated rings. The molecule has 1 nitrogen and oxygen atoms in total. The van der Waals surface area contributed by atoms with Crippen LogP contribution in [0.2, 0.25) is 0 Å². The molecule has 0 aliphatic rings. The molecule has 11 heavy (non-hydrogen) atoms. The molecule has 0 amide bonds. The zero-order valence-corrected chi connectivity index (χ0v) is 7.26. The number of rotatable bonds is 1. The lowest BCUT2D eigenvalue weighted by Crippen LogP contribution is -1.94. The van der Waals surface area contributed by atoms with Crippen LogP contribution in [-0.2, 0) is 0 Å². The van der Waals surface area contributed by atoms with Crippen LogP contribution in [0.4, 0.5) is 0 Å². The predicted molar refractivity (Wildman–Crippen MR) is 46.5 cm³/mol. The van der Waals surface area contributed by atoms with Crippen LogP contribution in [0.15, 0.2) is 18.2 Å². The van der Waals surface area contributed by atoms with Crippen LogP contribution in [0.1, 0.15) is 29.7 Å². The molecule has 0 aliphatic carbocycles. The second kappa shape index (κ2) is 3.05. The summed E-state index contributed by atoms with van der Waals surface area (Å²) in [5.74, 6) is 0. The Bertz CT molecular complexity index is 251. The SMILES string of the molecule is Cc1ccc([C@@H](C)O)c(C)c1. The average Bonchev–Trinajstić information content (AvgIpc) is 1.85. The maximum Gasteiger partial charge on any atom is 0.0764 e. The van der Waals surface area contributed by atoms with E-state index >= 15 is 0 Å². The Morgan fingerprint density at radius 2 is 1.91 bits per heavy atom. The first-order valence-corrected chi connectivity index (χ1v) is 3.86. The van der Waals surface area contributed by atoms with Crippen LogP contribution in [0.5, 0.6) is 0 Å². The Balaban J connectivity index is 3.09. The fourth-order valence-electron chi connectivity index (χ4n) is 1.29. The highest BCUT2D eigenvalue weighted by Gasteiger charge is 2.02. The van der Waals surface area contributed by atoms with Crippen molar-refractivity contribution in [3.63, 3.8) is 0 Å². The molecule has 0 aliphatic heterocycles. The van der Waals surface area contributed by atoms with Gasteiger partial charge in [-0.25, -0.2) is 0 Å². The van der Waals surface area contributed by atoms with Gasteiger partial charge >= 0.3 is 0 Å². The minimum atomic E-state index is -0.351. The van der Waals surface area contributed by atoms with Crippen molar-refractivity contribution in [2.75, 3.05) is 0 Å². The first-order valence-electron chi connectivity index (χ1n) is 3.86. The molecule has 0 saturated heterocycles. The predicted octanol–water partition coefficient (Wildman–Crippen LogP) is 2.36. The quantitative estimate of drug-likeness (QED) is 0.651. The summed E-state index contributed by atoms with van der Waals surface area (Å²) in [6.07, 6.45) is -0.351. The first kappa shape index (κ1) is 8.28. The first-order chi connectivity index (χ1) is 5.11. The highest BCUT2D eigenvalue weighted by molar-refractivity contribution is 5.31. The van der Waals surface area contributed by atoms with E-state index in [4.69, 9.17) is 0 Å². The molecule has 0 saturated carbocycles. The highest BCUT2D eigenvalue weighted by atomic mass is 16.3. The van der Waals surface area contributed by atoms with E-state index < -0.39 is 0 Å². The van der Waals surface area contributed by atoms with E-state index in [2.05, 4.69) is 13.0 Å². The molecule has 0 spiro atoms. The molecule has 1 atom stereocenters. The number of hydrogen-bond donors (Lipinski definition) is 1. The molecule has 1 N–H and O–H groups in total. The van der Waals surface area contributed by atoms with Gasteiger partial charge in [-0.15, -0.1) is 0 Å². The molecule has 1 aromatic rings. The molecule has 0 heterocycles. The lowest BCUT2D eigenvalue weighted by molar-refractivity contribution is 0.198. The molecule has 0 bridgehead atoms. The van der Waals surface area contributed by atoms with E-state index in [9.17, 15) is 5.11 Å². The fourth-order valence-corrected chi connectivity index (χ4v) is 1.29. The Hall–Kier alpha value is -0.820. The topological polar surface area (TPSA) is 20.2 Å². The van der Waals surface area contributed by atoms with Crippen molar-refractivity contribution in [1.82, 2.24) is 0 Å². The summed E-state index contributed by atoms with van der Waals surface area (Å²) in [7, 11) is 0. The van der Waals surface area contributed by atoms with Crippen molar-refractivity contribution in [2.45, 2.75) is 26.9 Å². The van der Waals surface area contributed by atoms with Gasteiger partial charge in [0.15, 0.2) is 0 Å². The summed E-state index contributed by atoms with van der Waals surface area (Å²) >= 11 is 0. The van der Waals surface area contributed by atoms with Gasteiger partial charge in [-0.3, -0.25) is 0 Å². The summed E-state index contributed by atoms with van der Waals surface area (Å²) in [6, 6.07) is 6.09. The van der Waals surface area contributed by atoms with Crippen molar-refractivity contribution >= 4 is 0 Å². The van der Waals surface area contributed by atoms with Gasteiger partial charge in [-0.2, -0.15) is 0 Å². The van der Waals surface area contributed by atoms with Gasteiger partial charge in [-0.1, -0.05) is 23.8 Å². The van der Waals surface area contributed by atoms with Gasteiger partial charge in [0.25, 0.3) is 0 Å². The summed E-state index contributed by atoms with van der Waals surface area (Å²) in [6.45, 7) is 5.87. The van der Waals surface area contributed by atoms with Crippen molar-refractivity contribution in [1.29, 1.82) is 0 Å². The molecule has 60 valence electrons. The summed E-state index contributed by atoms with van der Waals surface area (Å²) in [5.41, 5.74) is 3.43. The van der Waals surface area contributed by atoms with E-state index in [0.29, 0.717) is 0 Å². The van der Waals surface area contributed by atoms with Gasteiger partial charge in [0, 0.05) is 0 Å². The third-order valence-corrected chi connectivity index (χ3v) is 1.88. The molecule has 1 rings (SSSR count). The van der Waals surface area contributed by atoms with Gasteiger partial charge in [0.1, 0.15) is 0 Å². The summed E-state index contributed by atoms with van der Waals surface area (Å²) in [4.78, 5) is 0. The zero-order chi connectivity index (χ0) is 8.43. The van der Waals surface area contributed by atoms with Crippen LogP contribution in [0.3, 0.4) is 0 Å². The van der Waals surface area contributed by atoms with Crippen molar-refractivity contribution in [2.24, 2.45) is 0 Å². The van der Waals surface area contributed by atoms with Gasteiger partial charge in [0.05, 0.1) is 6.10 Å². The van der Waals surface area contributed by atoms with Crippen LogP contribution >= 0.6 is 0 Å². The largest absolute Gasteiger partial charge is 0.389 e. The van der Waals surface area contributed by atoms with Crippen LogP contribution < -0.4 is 0 Å². The highest BCUT2D eigenvalue weighted by Crippen LogP contribution is 2.17. The number of aliphatic hydroxyl groups is 1. The normalized spacial score (nSPS) is 13.1. The van der Waals surface area contributed by atoms with E-state index in [1.807, 2.05) is 19.1 Å². The van der Waals surface area contributed by atoms with Gasteiger partial charge in [-0.05, 0) is 31.9 Å². The Morgan fingerprint density at radius 3 is 2.36 bits per heavy atom. The monoisotopic (exact) mass is 150 g/mol. The minimum absolute atomic E-state index is 0.351. The number of aliphatic hydroxyl groups excluding tert-OH is 1. The van der Waals surface area contributed by atoms with Gasteiger partial charge < -0.3 is 5.11 Å².